The molecule has 5 rings (SSSR count). The Hall–Kier alpha value is -3.58. The summed E-state index contributed by atoms with van der Waals surface area (Å²) in [5, 5.41) is 13.0. The average molecular weight is 639 g/mol. The predicted molar refractivity (Wildman–Crippen MR) is 168 cm³/mol. The smallest absolute Gasteiger partial charge is 0.306 e. The number of amides is 3. The molecule has 4 saturated heterocycles. The SMILES string of the molecule is C=CCCC(=O)OC[C@H](NC(=O)[C@@H]1[C@H]2C(=O)N(CCO)[C@H](C(=O)N(CC=C)CCN3CCOCC3)[C@]23CC[C@H]1O3)c1ccccc1. The van der Waals surface area contributed by atoms with Crippen LogP contribution in [0.5, 0.6) is 0 Å². The maximum atomic E-state index is 14.4. The van der Waals surface area contributed by atoms with Crippen molar-refractivity contribution in [1.29, 1.82) is 0 Å². The van der Waals surface area contributed by atoms with Crippen molar-refractivity contribution in [2.75, 3.05) is 65.7 Å². The molecule has 6 atom stereocenters. The standard InChI is InChI=1S/C34H46N4O8/c1-3-5-11-27(40)45-23-25(24-9-7-6-8-10-24)35-31(41)28-26-12-13-34(46-26)29(28)32(42)38(17-20-39)30(34)33(43)37(14-4-2)16-15-36-18-21-44-22-19-36/h3-4,6-10,25-26,28-30,39H,1-2,5,11-23H2,(H,35,41)/t25-,26+,28-,29-,30+,34-/m0/s1. The van der Waals surface area contributed by atoms with Crippen LogP contribution in [0.3, 0.4) is 0 Å². The van der Waals surface area contributed by atoms with Crippen molar-refractivity contribution < 1.29 is 38.5 Å². The Labute approximate surface area is 270 Å². The highest BCUT2D eigenvalue weighted by molar-refractivity contribution is 5.99. The first-order valence-corrected chi connectivity index (χ1v) is 16.3. The Kier molecular flexibility index (Phi) is 11.3. The zero-order valence-corrected chi connectivity index (χ0v) is 26.4. The molecule has 4 aliphatic heterocycles. The lowest BCUT2D eigenvalue weighted by Crippen LogP contribution is -2.57. The summed E-state index contributed by atoms with van der Waals surface area (Å²) < 4.78 is 17.5. The second-order valence-corrected chi connectivity index (χ2v) is 12.3. The number of carbonyl (C=O) groups excluding carboxylic acids is 4. The van der Waals surface area contributed by atoms with Crippen LogP contribution < -0.4 is 5.32 Å². The number of carbonyl (C=O) groups is 4. The first-order chi connectivity index (χ1) is 22.3. The third-order valence-electron chi connectivity index (χ3n) is 9.61. The van der Waals surface area contributed by atoms with Gasteiger partial charge in [-0.25, -0.2) is 0 Å². The maximum absolute atomic E-state index is 14.4. The zero-order valence-electron chi connectivity index (χ0n) is 26.4. The lowest BCUT2D eigenvalue weighted by Gasteiger charge is -2.37. The summed E-state index contributed by atoms with van der Waals surface area (Å²) in [5.74, 6) is -3.16. The summed E-state index contributed by atoms with van der Waals surface area (Å²) in [6.07, 6.45) is 4.38. The van der Waals surface area contributed by atoms with Gasteiger partial charge < -0.3 is 34.4 Å². The Bertz CT molecular complexity index is 1270. The summed E-state index contributed by atoms with van der Waals surface area (Å²) >= 11 is 0. The highest BCUT2D eigenvalue weighted by atomic mass is 16.5. The van der Waals surface area contributed by atoms with Gasteiger partial charge in [0.05, 0.1) is 43.8 Å². The predicted octanol–water partition coefficient (Wildman–Crippen LogP) is 1.07. The van der Waals surface area contributed by atoms with Gasteiger partial charge in [-0.15, -0.1) is 13.2 Å². The third kappa shape index (κ3) is 6.90. The van der Waals surface area contributed by atoms with E-state index in [9.17, 15) is 24.3 Å². The largest absolute Gasteiger partial charge is 0.463 e. The molecule has 46 heavy (non-hydrogen) atoms. The molecule has 4 aliphatic rings. The van der Waals surface area contributed by atoms with E-state index in [2.05, 4.69) is 23.4 Å². The molecule has 2 N–H and O–H groups in total. The van der Waals surface area contributed by atoms with E-state index in [4.69, 9.17) is 14.2 Å². The number of hydrogen-bond acceptors (Lipinski definition) is 9. The lowest BCUT2D eigenvalue weighted by molar-refractivity contribution is -0.148. The molecule has 4 heterocycles. The molecular formula is C34H46N4O8. The fraction of sp³-hybridized carbons (Fsp3) is 0.588. The van der Waals surface area contributed by atoms with Crippen LogP contribution in [0.2, 0.25) is 0 Å². The first kappa shape index (κ1) is 33.8. The number of aliphatic hydroxyl groups is 1. The minimum Gasteiger partial charge on any atom is -0.463 e. The number of aliphatic hydroxyl groups excluding tert-OH is 1. The summed E-state index contributed by atoms with van der Waals surface area (Å²) in [4.78, 5) is 60.2. The number of morpholine rings is 1. The summed E-state index contributed by atoms with van der Waals surface area (Å²) in [6, 6.07) is 7.58. The molecule has 2 bridgehead atoms. The fourth-order valence-electron chi connectivity index (χ4n) is 7.43. The van der Waals surface area contributed by atoms with E-state index in [1.807, 2.05) is 30.3 Å². The molecule has 0 aromatic heterocycles. The van der Waals surface area contributed by atoms with Crippen LogP contribution >= 0.6 is 0 Å². The van der Waals surface area contributed by atoms with Crippen molar-refractivity contribution in [3.63, 3.8) is 0 Å². The monoisotopic (exact) mass is 638 g/mol. The van der Waals surface area contributed by atoms with E-state index in [-0.39, 0.29) is 38.0 Å². The second kappa shape index (κ2) is 15.3. The number of likely N-dealkylation sites (tertiary alicyclic amines) is 1. The topological polar surface area (TPSA) is 138 Å². The highest BCUT2D eigenvalue weighted by Gasteiger charge is 2.74. The number of allylic oxidation sites excluding steroid dienone is 1. The molecule has 12 heteroatoms. The Balaban J connectivity index is 1.36. The Morgan fingerprint density at radius 2 is 1.91 bits per heavy atom. The lowest BCUT2D eigenvalue weighted by atomic mass is 9.70. The highest BCUT2D eigenvalue weighted by Crippen LogP contribution is 2.58. The number of esters is 1. The molecule has 3 amide bonds. The van der Waals surface area contributed by atoms with Gasteiger partial charge >= 0.3 is 5.97 Å². The molecule has 1 spiro atoms. The number of rotatable bonds is 16. The van der Waals surface area contributed by atoms with Crippen LogP contribution in [0.1, 0.15) is 37.3 Å². The van der Waals surface area contributed by atoms with E-state index in [0.29, 0.717) is 52.1 Å². The van der Waals surface area contributed by atoms with Crippen LogP contribution in [0.15, 0.2) is 55.6 Å². The van der Waals surface area contributed by atoms with E-state index in [0.717, 1.165) is 18.7 Å². The number of β-amino-alcohol motifs (C(OH)–C–C–N with tert-alkyl or cyclic N) is 1. The fourth-order valence-corrected chi connectivity index (χ4v) is 7.43. The Morgan fingerprint density at radius 3 is 2.61 bits per heavy atom. The van der Waals surface area contributed by atoms with Gasteiger partial charge in [0.25, 0.3) is 0 Å². The second-order valence-electron chi connectivity index (χ2n) is 12.3. The third-order valence-corrected chi connectivity index (χ3v) is 9.61. The normalized spacial score (nSPS) is 27.6. The minimum atomic E-state index is -1.19. The van der Waals surface area contributed by atoms with Crippen molar-refractivity contribution in [3.8, 4) is 0 Å². The Morgan fingerprint density at radius 1 is 1.15 bits per heavy atom. The van der Waals surface area contributed by atoms with Crippen LogP contribution in [0.25, 0.3) is 0 Å². The van der Waals surface area contributed by atoms with Crippen molar-refractivity contribution in [1.82, 2.24) is 20.0 Å². The molecule has 0 aliphatic carbocycles. The van der Waals surface area contributed by atoms with Gasteiger partial charge in [0.1, 0.15) is 18.2 Å². The maximum Gasteiger partial charge on any atom is 0.306 e. The average Bonchev–Trinajstić information content (AvgIpc) is 3.72. The molecule has 0 unspecified atom stereocenters. The van der Waals surface area contributed by atoms with Gasteiger partial charge in [-0.2, -0.15) is 0 Å². The number of ether oxygens (including phenoxy) is 3. The van der Waals surface area contributed by atoms with Crippen molar-refractivity contribution in [3.05, 3.63) is 61.2 Å². The van der Waals surface area contributed by atoms with E-state index >= 15 is 0 Å². The molecule has 0 saturated carbocycles. The van der Waals surface area contributed by atoms with Crippen molar-refractivity contribution in [2.45, 2.75) is 49.5 Å². The zero-order chi connectivity index (χ0) is 32.7. The summed E-state index contributed by atoms with van der Waals surface area (Å²) in [7, 11) is 0. The molecule has 4 fully saturated rings. The van der Waals surface area contributed by atoms with Crippen molar-refractivity contribution in [2.24, 2.45) is 11.8 Å². The van der Waals surface area contributed by atoms with Crippen LogP contribution in [-0.4, -0.2) is 127 Å². The quantitative estimate of drug-likeness (QED) is 0.201. The summed E-state index contributed by atoms with van der Waals surface area (Å²) in [5.41, 5.74) is -0.437. The summed E-state index contributed by atoms with van der Waals surface area (Å²) in [6.45, 7) is 11.2. The van der Waals surface area contributed by atoms with Gasteiger partial charge in [0.15, 0.2) is 0 Å². The number of hydrogen-bond donors (Lipinski definition) is 2. The van der Waals surface area contributed by atoms with Crippen LogP contribution in [-0.2, 0) is 33.4 Å². The van der Waals surface area contributed by atoms with Gasteiger partial charge in [-0.1, -0.05) is 42.5 Å². The van der Waals surface area contributed by atoms with E-state index in [1.165, 1.54) is 4.90 Å². The number of nitrogens with zero attached hydrogens (tertiary/aromatic N) is 3. The van der Waals surface area contributed by atoms with Gasteiger partial charge in [0.2, 0.25) is 17.7 Å². The molecule has 1 aromatic rings. The first-order valence-electron chi connectivity index (χ1n) is 16.3. The van der Waals surface area contributed by atoms with Crippen LogP contribution in [0.4, 0.5) is 0 Å². The van der Waals surface area contributed by atoms with E-state index in [1.54, 1.807) is 17.1 Å². The van der Waals surface area contributed by atoms with Crippen molar-refractivity contribution >= 4 is 23.7 Å². The van der Waals surface area contributed by atoms with Gasteiger partial charge in [0, 0.05) is 45.7 Å². The molecule has 250 valence electrons. The number of fused-ring (bicyclic) bond motifs is 1. The van der Waals surface area contributed by atoms with Gasteiger partial charge in [-0.3, -0.25) is 24.1 Å². The van der Waals surface area contributed by atoms with Crippen LogP contribution in [0, 0.1) is 11.8 Å². The molecule has 0 radical (unpaired) electrons. The molecular weight excluding hydrogens is 592 g/mol. The van der Waals surface area contributed by atoms with E-state index < -0.39 is 47.5 Å². The number of benzene rings is 1. The van der Waals surface area contributed by atoms with Gasteiger partial charge in [-0.05, 0) is 24.8 Å². The minimum absolute atomic E-state index is 0.0471. The number of nitrogens with one attached hydrogen (secondary N) is 1. The molecule has 1 aromatic carbocycles. The molecule has 12 nitrogen and oxygen atoms in total.